The van der Waals surface area contributed by atoms with Gasteiger partial charge < -0.3 is 20.2 Å². The van der Waals surface area contributed by atoms with Gasteiger partial charge in [-0.1, -0.05) is 56.6 Å². The van der Waals surface area contributed by atoms with E-state index >= 15 is 0 Å². The summed E-state index contributed by atoms with van der Waals surface area (Å²) in [6.45, 7) is 9.14. The highest BCUT2D eigenvalue weighted by atomic mass is 35.5. The molecule has 3 N–H and O–H groups in total. The maximum absolute atomic E-state index is 13.6. The zero-order chi connectivity index (χ0) is 27.7. The first kappa shape index (κ1) is 28.0. The molecular weight excluding hydrogens is 510 g/mol. The highest BCUT2D eigenvalue weighted by Crippen LogP contribution is 2.46. The zero-order valence-corrected chi connectivity index (χ0v) is 23.0. The van der Waals surface area contributed by atoms with Gasteiger partial charge in [0.2, 0.25) is 17.7 Å². The largest absolute Gasteiger partial charge is 0.384 e. The van der Waals surface area contributed by atoms with Gasteiger partial charge in [-0.25, -0.2) is 0 Å². The molecule has 3 heterocycles. The SMILES string of the molecule is CC(C)[C@@H](NC(=O)[C@@H]1CCN(C(=O)Cc2nn[nH]n2)C1)C(=O)N1CC[C@](O)(c2ccc(Cl)cc2)C(C)(C)C1. The Hall–Kier alpha value is -3.05. The predicted molar refractivity (Wildman–Crippen MR) is 140 cm³/mol. The van der Waals surface area contributed by atoms with Crippen LogP contribution in [0.15, 0.2) is 24.3 Å². The summed E-state index contributed by atoms with van der Waals surface area (Å²) >= 11 is 6.04. The van der Waals surface area contributed by atoms with Crippen LogP contribution in [0.1, 0.15) is 51.9 Å². The molecular formula is C26H36ClN7O4. The Morgan fingerprint density at radius 3 is 2.50 bits per heavy atom. The van der Waals surface area contributed by atoms with Crippen molar-refractivity contribution in [1.82, 2.24) is 35.7 Å². The Balaban J connectivity index is 1.38. The zero-order valence-electron chi connectivity index (χ0n) is 22.3. The Morgan fingerprint density at radius 2 is 1.89 bits per heavy atom. The molecule has 0 spiro atoms. The van der Waals surface area contributed by atoms with Crippen molar-refractivity contribution in [2.45, 2.75) is 58.6 Å². The minimum atomic E-state index is -1.12. The predicted octanol–water partition coefficient (Wildman–Crippen LogP) is 1.53. The smallest absolute Gasteiger partial charge is 0.245 e. The molecule has 0 bridgehead atoms. The van der Waals surface area contributed by atoms with Gasteiger partial charge in [0.05, 0.1) is 17.9 Å². The summed E-state index contributed by atoms with van der Waals surface area (Å²) in [7, 11) is 0. The average molecular weight is 546 g/mol. The summed E-state index contributed by atoms with van der Waals surface area (Å²) in [4.78, 5) is 42.7. The highest BCUT2D eigenvalue weighted by molar-refractivity contribution is 6.30. The molecule has 2 aromatic rings. The molecule has 1 aromatic carbocycles. The number of piperidine rings is 1. The number of hydrogen-bond acceptors (Lipinski definition) is 7. The average Bonchev–Trinajstić information content (AvgIpc) is 3.56. The number of amides is 3. The number of halogens is 1. The molecule has 2 fully saturated rings. The van der Waals surface area contributed by atoms with Crippen molar-refractivity contribution in [3.63, 3.8) is 0 Å². The number of nitrogens with zero attached hydrogens (tertiary/aromatic N) is 5. The Morgan fingerprint density at radius 1 is 1.18 bits per heavy atom. The van der Waals surface area contributed by atoms with E-state index in [4.69, 9.17) is 11.6 Å². The van der Waals surface area contributed by atoms with Crippen LogP contribution < -0.4 is 5.32 Å². The number of aliphatic hydroxyl groups is 1. The molecule has 38 heavy (non-hydrogen) atoms. The van der Waals surface area contributed by atoms with Crippen molar-refractivity contribution in [2.24, 2.45) is 17.3 Å². The molecule has 11 nitrogen and oxygen atoms in total. The number of benzene rings is 1. The molecule has 0 saturated carbocycles. The first-order valence-corrected chi connectivity index (χ1v) is 13.4. The number of nitrogens with one attached hydrogen (secondary N) is 2. The van der Waals surface area contributed by atoms with Crippen LogP contribution in [0.3, 0.4) is 0 Å². The molecule has 0 unspecified atom stereocenters. The molecule has 2 aliphatic rings. The van der Waals surface area contributed by atoms with Crippen molar-refractivity contribution in [2.75, 3.05) is 26.2 Å². The van der Waals surface area contributed by atoms with Crippen molar-refractivity contribution in [3.8, 4) is 0 Å². The summed E-state index contributed by atoms with van der Waals surface area (Å²) < 4.78 is 0. The second-order valence-electron chi connectivity index (χ2n) is 11.3. The minimum Gasteiger partial charge on any atom is -0.384 e. The topological polar surface area (TPSA) is 144 Å². The van der Waals surface area contributed by atoms with E-state index in [1.807, 2.05) is 39.8 Å². The Kier molecular flexibility index (Phi) is 8.08. The lowest BCUT2D eigenvalue weighted by molar-refractivity contribution is -0.157. The van der Waals surface area contributed by atoms with E-state index < -0.39 is 23.0 Å². The molecule has 12 heteroatoms. The van der Waals surface area contributed by atoms with Gasteiger partial charge in [-0.15, -0.1) is 10.2 Å². The van der Waals surface area contributed by atoms with Crippen LogP contribution in [0.2, 0.25) is 5.02 Å². The number of likely N-dealkylation sites (tertiary alicyclic amines) is 2. The van der Waals surface area contributed by atoms with Gasteiger partial charge in [0, 0.05) is 36.6 Å². The fourth-order valence-corrected chi connectivity index (χ4v) is 5.58. The third-order valence-corrected chi connectivity index (χ3v) is 8.18. The van der Waals surface area contributed by atoms with Gasteiger partial charge in [-0.3, -0.25) is 14.4 Å². The number of tetrazole rings is 1. The summed E-state index contributed by atoms with van der Waals surface area (Å²) in [5.74, 6) is -0.791. The lowest BCUT2D eigenvalue weighted by Gasteiger charge is -2.51. The second kappa shape index (κ2) is 11.0. The van der Waals surface area contributed by atoms with Gasteiger partial charge in [0.25, 0.3) is 0 Å². The molecule has 1 aromatic heterocycles. The number of carbonyl (C=O) groups is 3. The maximum atomic E-state index is 13.6. The fourth-order valence-electron chi connectivity index (χ4n) is 5.46. The summed E-state index contributed by atoms with van der Waals surface area (Å²) in [6, 6.07) is 6.47. The number of aromatic nitrogens is 4. The summed E-state index contributed by atoms with van der Waals surface area (Å²) in [6.07, 6.45) is 0.908. The summed E-state index contributed by atoms with van der Waals surface area (Å²) in [5.41, 5.74) is -0.982. The standard InChI is InChI=1S/C26H36ClN7O4/c1-16(2)22(28-23(36)17-9-11-33(14-17)21(35)13-20-29-31-32-30-20)24(37)34-12-10-26(38,25(3,4)15-34)18-5-7-19(27)8-6-18/h5-8,16-17,22,38H,9-15H2,1-4H3,(H,28,36)(H,29,30,31,32)/t17-,22-,26+/m1/s1. The van der Waals surface area contributed by atoms with Gasteiger partial charge in [0.1, 0.15) is 6.04 Å². The van der Waals surface area contributed by atoms with Crippen LogP contribution in [0.25, 0.3) is 0 Å². The van der Waals surface area contributed by atoms with Crippen LogP contribution >= 0.6 is 11.6 Å². The third-order valence-electron chi connectivity index (χ3n) is 7.92. The minimum absolute atomic E-state index is 0.0189. The van der Waals surface area contributed by atoms with Crippen LogP contribution in [0.5, 0.6) is 0 Å². The number of carbonyl (C=O) groups excluding carboxylic acids is 3. The number of H-pyrrole nitrogens is 1. The quantitative estimate of drug-likeness (QED) is 0.478. The van der Waals surface area contributed by atoms with Crippen LogP contribution in [0, 0.1) is 17.3 Å². The summed E-state index contributed by atoms with van der Waals surface area (Å²) in [5, 5.41) is 28.6. The van der Waals surface area contributed by atoms with Crippen LogP contribution in [-0.2, 0) is 26.4 Å². The molecule has 2 aliphatic heterocycles. The van der Waals surface area contributed by atoms with Crippen LogP contribution in [0.4, 0.5) is 0 Å². The van der Waals surface area contributed by atoms with Crippen LogP contribution in [-0.4, -0.2) is 85.5 Å². The van der Waals surface area contributed by atoms with E-state index in [1.54, 1.807) is 21.9 Å². The molecule has 0 radical (unpaired) electrons. The first-order chi connectivity index (χ1) is 17.9. The van der Waals surface area contributed by atoms with E-state index in [-0.39, 0.29) is 36.6 Å². The maximum Gasteiger partial charge on any atom is 0.245 e. The Bertz CT molecular complexity index is 1150. The van der Waals surface area contributed by atoms with E-state index in [0.29, 0.717) is 43.3 Å². The van der Waals surface area contributed by atoms with E-state index in [9.17, 15) is 19.5 Å². The molecule has 4 rings (SSSR count). The van der Waals surface area contributed by atoms with Crippen molar-refractivity contribution in [3.05, 3.63) is 40.7 Å². The lowest BCUT2D eigenvalue weighted by Crippen LogP contribution is -2.60. The van der Waals surface area contributed by atoms with Crippen molar-refractivity contribution < 1.29 is 19.5 Å². The fraction of sp³-hybridized carbons (Fsp3) is 0.615. The van der Waals surface area contributed by atoms with E-state index in [1.165, 1.54) is 0 Å². The molecule has 2 saturated heterocycles. The van der Waals surface area contributed by atoms with Gasteiger partial charge in [0.15, 0.2) is 5.82 Å². The van der Waals surface area contributed by atoms with E-state index in [0.717, 1.165) is 5.56 Å². The van der Waals surface area contributed by atoms with Gasteiger partial charge in [-0.2, -0.15) is 5.21 Å². The van der Waals surface area contributed by atoms with Gasteiger partial charge >= 0.3 is 0 Å². The van der Waals surface area contributed by atoms with Crippen molar-refractivity contribution in [1.29, 1.82) is 0 Å². The lowest BCUT2D eigenvalue weighted by atomic mass is 9.66. The third kappa shape index (κ3) is 5.68. The number of hydrogen-bond donors (Lipinski definition) is 3. The molecule has 3 atom stereocenters. The molecule has 3 amide bonds. The molecule has 0 aliphatic carbocycles. The Labute approximate surface area is 227 Å². The van der Waals surface area contributed by atoms with E-state index in [2.05, 4.69) is 25.9 Å². The number of rotatable bonds is 7. The first-order valence-electron chi connectivity index (χ1n) is 13.0. The van der Waals surface area contributed by atoms with Crippen molar-refractivity contribution >= 4 is 29.3 Å². The monoisotopic (exact) mass is 545 g/mol. The number of aromatic amines is 1. The molecule has 206 valence electrons. The normalized spacial score (nSPS) is 23.9. The van der Waals surface area contributed by atoms with Gasteiger partial charge in [-0.05, 0) is 36.5 Å². The second-order valence-corrected chi connectivity index (χ2v) is 11.8. The highest BCUT2D eigenvalue weighted by Gasteiger charge is 2.50.